The van der Waals surface area contributed by atoms with Gasteiger partial charge in [0.15, 0.2) is 0 Å². The number of halogens is 3. The van der Waals surface area contributed by atoms with Crippen LogP contribution in [-0.4, -0.2) is 26.4 Å². The number of anilines is 1. The molecule has 10 heteroatoms. The van der Waals surface area contributed by atoms with E-state index in [-0.39, 0.29) is 17.7 Å². The van der Waals surface area contributed by atoms with Gasteiger partial charge in [-0.15, -0.1) is 0 Å². The van der Waals surface area contributed by atoms with Gasteiger partial charge >= 0.3 is 12.3 Å². The Hall–Kier alpha value is -2.23. The second kappa shape index (κ2) is 7.56. The first-order valence-corrected chi connectivity index (χ1v) is 9.33. The van der Waals surface area contributed by atoms with Gasteiger partial charge in [-0.25, -0.2) is 13.2 Å². The molecule has 1 amide bonds. The van der Waals surface area contributed by atoms with E-state index >= 15 is 0 Å². The van der Waals surface area contributed by atoms with E-state index in [0.717, 1.165) is 18.4 Å². The van der Waals surface area contributed by atoms with E-state index in [1.54, 1.807) is 20.8 Å². The lowest BCUT2D eigenvalue weighted by Gasteiger charge is -2.21. The number of nitrogens with one attached hydrogen (secondary N) is 2. The number of carbonyl (C=O) groups excluding carboxylic acids is 1. The Morgan fingerprint density at radius 2 is 1.85 bits per heavy atom. The molecule has 6 nitrogen and oxygen atoms in total. The Kier molecular flexibility index (Phi) is 6.35. The lowest BCUT2D eigenvalue weighted by Crippen LogP contribution is -2.32. The van der Waals surface area contributed by atoms with Gasteiger partial charge in [0.1, 0.15) is 5.60 Å². The molecule has 0 unspecified atom stereocenters. The molecule has 0 atom stereocenters. The number of hydrogen-bond donors (Lipinski definition) is 2. The number of benzene rings is 1. The summed E-state index contributed by atoms with van der Waals surface area (Å²) in [7, 11) is -3.94. The van der Waals surface area contributed by atoms with Gasteiger partial charge in [0.25, 0.3) is 0 Å². The minimum absolute atomic E-state index is 0.0637. The maximum atomic E-state index is 13.4. The highest BCUT2D eigenvalue weighted by Crippen LogP contribution is 2.38. The van der Waals surface area contributed by atoms with Crippen molar-refractivity contribution in [2.45, 2.75) is 39.1 Å². The van der Waals surface area contributed by atoms with Crippen LogP contribution in [0.25, 0.3) is 6.08 Å². The van der Waals surface area contributed by atoms with Gasteiger partial charge in [-0.05, 0) is 44.0 Å². The van der Waals surface area contributed by atoms with E-state index < -0.39 is 39.1 Å². The van der Waals surface area contributed by atoms with Crippen molar-refractivity contribution in [2.75, 3.05) is 11.0 Å². The molecule has 0 aromatic heterocycles. The first kappa shape index (κ1) is 21.8. The number of alkyl halides is 3. The van der Waals surface area contributed by atoms with E-state index in [2.05, 4.69) is 11.9 Å². The van der Waals surface area contributed by atoms with Crippen LogP contribution in [0.4, 0.5) is 23.7 Å². The summed E-state index contributed by atoms with van der Waals surface area (Å²) < 4.78 is 69.8. The molecule has 2 N–H and O–H groups in total. The summed E-state index contributed by atoms with van der Waals surface area (Å²) in [4.78, 5) is 11.7. The van der Waals surface area contributed by atoms with Crippen LogP contribution in [0.2, 0.25) is 0 Å². The fraction of sp³-hybridized carbons (Fsp3) is 0.438. The van der Waals surface area contributed by atoms with Gasteiger partial charge in [0.05, 0.1) is 17.5 Å². The fourth-order valence-corrected chi connectivity index (χ4v) is 2.60. The number of amides is 1. The number of alkyl carbamates (subject to hydrolysis) is 1. The number of rotatable bonds is 5. The van der Waals surface area contributed by atoms with Crippen LogP contribution >= 0.6 is 0 Å². The summed E-state index contributed by atoms with van der Waals surface area (Å²) in [6, 6.07) is 2.06. The van der Waals surface area contributed by atoms with Crippen LogP contribution in [0.15, 0.2) is 18.7 Å². The van der Waals surface area contributed by atoms with Crippen molar-refractivity contribution in [1.82, 2.24) is 5.32 Å². The standard InChI is InChI=1S/C16H21F3N2O4S/c1-6-11-7-10(9-20-14(22)25-15(2,3)4)8-12(16(17,18)19)13(11)21-26(5,23)24/h6-8,21H,1,9H2,2-5H3,(H,20,22). The van der Waals surface area contributed by atoms with Gasteiger partial charge in [-0.1, -0.05) is 12.7 Å². The first-order valence-electron chi connectivity index (χ1n) is 7.43. The van der Waals surface area contributed by atoms with Crippen molar-refractivity contribution in [2.24, 2.45) is 0 Å². The van der Waals surface area contributed by atoms with Gasteiger partial charge in [-0.3, -0.25) is 4.72 Å². The minimum Gasteiger partial charge on any atom is -0.444 e. The van der Waals surface area contributed by atoms with E-state index in [9.17, 15) is 26.4 Å². The minimum atomic E-state index is -4.81. The lowest BCUT2D eigenvalue weighted by molar-refractivity contribution is -0.137. The Morgan fingerprint density at radius 1 is 1.27 bits per heavy atom. The van der Waals surface area contributed by atoms with Crippen molar-refractivity contribution in [3.63, 3.8) is 0 Å². The molecule has 1 rings (SSSR count). The summed E-state index contributed by atoms with van der Waals surface area (Å²) in [5.41, 5.74) is -2.50. The third-order valence-electron chi connectivity index (χ3n) is 2.88. The second-order valence-corrected chi connectivity index (χ2v) is 8.29. The van der Waals surface area contributed by atoms with Crippen LogP contribution in [-0.2, 0) is 27.5 Å². The SMILES string of the molecule is C=Cc1cc(CNC(=O)OC(C)(C)C)cc(C(F)(F)F)c1NS(C)(=O)=O. The van der Waals surface area contributed by atoms with Gasteiger partial charge in [0, 0.05) is 6.54 Å². The lowest BCUT2D eigenvalue weighted by atomic mass is 10.0. The Labute approximate surface area is 150 Å². The monoisotopic (exact) mass is 394 g/mol. The first-order chi connectivity index (χ1) is 11.6. The number of hydrogen-bond acceptors (Lipinski definition) is 4. The molecule has 0 heterocycles. The quantitative estimate of drug-likeness (QED) is 0.797. The highest BCUT2D eigenvalue weighted by molar-refractivity contribution is 7.92. The normalized spacial score (nSPS) is 12.4. The molecular weight excluding hydrogens is 373 g/mol. The highest BCUT2D eigenvalue weighted by Gasteiger charge is 2.35. The molecule has 0 aliphatic heterocycles. The van der Waals surface area contributed by atoms with Crippen molar-refractivity contribution in [1.29, 1.82) is 0 Å². The predicted octanol–water partition coefficient (Wildman–Crippen LogP) is 3.74. The van der Waals surface area contributed by atoms with E-state index in [0.29, 0.717) is 0 Å². The maximum Gasteiger partial charge on any atom is 0.418 e. The van der Waals surface area contributed by atoms with Crippen LogP contribution < -0.4 is 10.0 Å². The molecular formula is C16H21F3N2O4S. The number of carbonyl (C=O) groups is 1. The zero-order chi connectivity index (χ0) is 20.3. The second-order valence-electron chi connectivity index (χ2n) is 6.54. The molecule has 0 saturated heterocycles. The Morgan fingerprint density at radius 3 is 2.27 bits per heavy atom. The van der Waals surface area contributed by atoms with E-state index in [1.807, 2.05) is 4.72 Å². The summed E-state index contributed by atoms with van der Waals surface area (Å²) in [6.07, 6.45) is -3.76. The topological polar surface area (TPSA) is 84.5 Å². The van der Waals surface area contributed by atoms with E-state index in [4.69, 9.17) is 4.74 Å². The molecule has 0 fully saturated rings. The molecule has 1 aromatic carbocycles. The maximum absolute atomic E-state index is 13.4. The fourth-order valence-electron chi connectivity index (χ4n) is 2.00. The van der Waals surface area contributed by atoms with Crippen LogP contribution in [0.3, 0.4) is 0 Å². The highest BCUT2D eigenvalue weighted by atomic mass is 32.2. The van der Waals surface area contributed by atoms with Crippen molar-refractivity contribution in [3.05, 3.63) is 35.4 Å². The smallest absolute Gasteiger partial charge is 0.418 e. The molecule has 0 aliphatic carbocycles. The molecule has 0 saturated carbocycles. The van der Waals surface area contributed by atoms with Gasteiger partial charge in [0.2, 0.25) is 10.0 Å². The van der Waals surface area contributed by atoms with Crippen molar-refractivity contribution < 1.29 is 31.1 Å². The van der Waals surface area contributed by atoms with Gasteiger partial charge in [-0.2, -0.15) is 13.2 Å². The molecule has 26 heavy (non-hydrogen) atoms. The van der Waals surface area contributed by atoms with Crippen molar-refractivity contribution in [3.8, 4) is 0 Å². The molecule has 0 bridgehead atoms. The third kappa shape index (κ3) is 6.95. The molecule has 146 valence electrons. The third-order valence-corrected chi connectivity index (χ3v) is 3.45. The predicted molar refractivity (Wildman–Crippen MR) is 93.1 cm³/mol. The molecule has 0 spiro atoms. The van der Waals surface area contributed by atoms with Crippen LogP contribution in [0.1, 0.15) is 37.5 Å². The molecule has 0 aliphatic rings. The summed E-state index contributed by atoms with van der Waals surface area (Å²) in [5.74, 6) is 0. The summed E-state index contributed by atoms with van der Waals surface area (Å²) >= 11 is 0. The summed E-state index contributed by atoms with van der Waals surface area (Å²) in [5, 5.41) is 2.35. The summed E-state index contributed by atoms with van der Waals surface area (Å²) in [6.45, 7) is 8.12. The number of sulfonamides is 1. The zero-order valence-electron chi connectivity index (χ0n) is 14.8. The Balaban J connectivity index is 3.24. The van der Waals surface area contributed by atoms with Crippen LogP contribution in [0.5, 0.6) is 0 Å². The van der Waals surface area contributed by atoms with E-state index in [1.165, 1.54) is 6.07 Å². The van der Waals surface area contributed by atoms with Crippen molar-refractivity contribution >= 4 is 27.9 Å². The molecule has 0 radical (unpaired) electrons. The zero-order valence-corrected chi connectivity index (χ0v) is 15.6. The average Bonchev–Trinajstić information content (AvgIpc) is 2.41. The van der Waals surface area contributed by atoms with Gasteiger partial charge < -0.3 is 10.1 Å². The average molecular weight is 394 g/mol. The number of ether oxygens (including phenoxy) is 1. The largest absolute Gasteiger partial charge is 0.444 e. The Bertz CT molecular complexity index is 797. The van der Waals surface area contributed by atoms with Crippen LogP contribution in [0, 0.1) is 0 Å². The molecule has 1 aromatic rings.